The van der Waals surface area contributed by atoms with Crippen molar-refractivity contribution in [3.8, 4) is 17.6 Å². The smallest absolute Gasteiger partial charge is 0.314 e. The van der Waals surface area contributed by atoms with Gasteiger partial charge in [0.1, 0.15) is 5.75 Å². The van der Waals surface area contributed by atoms with Gasteiger partial charge in [0, 0.05) is 18.7 Å². The van der Waals surface area contributed by atoms with Gasteiger partial charge >= 0.3 is 5.97 Å². The largest absolute Gasteiger partial charge is 0.508 e. The second kappa shape index (κ2) is 8.03. The predicted molar refractivity (Wildman–Crippen MR) is 113 cm³/mol. The molecular weight excluding hydrogens is 362 g/mol. The summed E-state index contributed by atoms with van der Waals surface area (Å²) in [6, 6.07) is 7.16. The van der Waals surface area contributed by atoms with Gasteiger partial charge in [0.05, 0.1) is 12.5 Å². The summed E-state index contributed by atoms with van der Waals surface area (Å²) in [7, 11) is 0. The Morgan fingerprint density at radius 3 is 2.55 bits per heavy atom. The molecule has 2 saturated carbocycles. The van der Waals surface area contributed by atoms with E-state index in [4.69, 9.17) is 4.74 Å². The molecule has 29 heavy (non-hydrogen) atoms. The first-order valence-corrected chi connectivity index (χ1v) is 11.0. The fraction of sp³-hybridized carbons (Fsp3) is 0.640. The van der Waals surface area contributed by atoms with Gasteiger partial charge in [-0.1, -0.05) is 63.1 Å². The van der Waals surface area contributed by atoms with Crippen molar-refractivity contribution in [1.29, 1.82) is 0 Å². The zero-order chi connectivity index (χ0) is 20.5. The van der Waals surface area contributed by atoms with E-state index >= 15 is 0 Å². The number of aromatic hydroxyl groups is 1. The van der Waals surface area contributed by atoms with Crippen molar-refractivity contribution in [3.63, 3.8) is 0 Å². The molecule has 0 bridgehead atoms. The highest BCUT2D eigenvalue weighted by atomic mass is 16.5. The first-order valence-electron chi connectivity index (χ1n) is 11.0. The Balaban J connectivity index is 1.33. The molecule has 1 unspecified atom stereocenters. The van der Waals surface area contributed by atoms with Crippen LogP contribution in [0.15, 0.2) is 24.3 Å². The van der Waals surface area contributed by atoms with E-state index in [9.17, 15) is 9.90 Å². The summed E-state index contributed by atoms with van der Waals surface area (Å²) in [6.07, 6.45) is 6.83. The van der Waals surface area contributed by atoms with Crippen LogP contribution in [0.5, 0.6) is 5.75 Å². The maximum atomic E-state index is 12.9. The van der Waals surface area contributed by atoms with E-state index in [2.05, 4.69) is 30.6 Å². The van der Waals surface area contributed by atoms with Crippen molar-refractivity contribution < 1.29 is 14.6 Å². The molecule has 156 valence electrons. The van der Waals surface area contributed by atoms with Crippen LogP contribution < -0.4 is 0 Å². The van der Waals surface area contributed by atoms with Gasteiger partial charge in [-0.2, -0.15) is 0 Å². The van der Waals surface area contributed by atoms with E-state index < -0.39 is 5.92 Å². The lowest BCUT2D eigenvalue weighted by Gasteiger charge is -2.29. The van der Waals surface area contributed by atoms with E-state index in [-0.39, 0.29) is 24.2 Å². The first kappa shape index (κ1) is 20.3. The maximum Gasteiger partial charge on any atom is 0.314 e. The molecule has 1 saturated heterocycles. The third-order valence-electron chi connectivity index (χ3n) is 7.62. The van der Waals surface area contributed by atoms with Crippen LogP contribution >= 0.6 is 0 Å². The SMILES string of the molecule is C[C@@]12CN(CC#CCOC(=O)C(c3ccccc3O)C3CCCCC3)C[C@]1(C)C2. The van der Waals surface area contributed by atoms with Crippen LogP contribution in [0, 0.1) is 28.6 Å². The average molecular weight is 396 g/mol. The number of carbonyl (C=O) groups is 1. The third-order valence-corrected chi connectivity index (χ3v) is 7.62. The van der Waals surface area contributed by atoms with Gasteiger partial charge in [0.2, 0.25) is 0 Å². The van der Waals surface area contributed by atoms with Crippen LogP contribution in [0.4, 0.5) is 0 Å². The standard InChI is InChI=1S/C25H33NO3/c1-24-16-25(24,2)18-26(17-24)14-8-9-15-29-23(28)22(19-10-4-3-5-11-19)20-12-6-7-13-21(20)27/h6-7,12-13,19,22,27H,3-5,10-11,14-18H2,1-2H3/t22?,24-,25+. The van der Waals surface area contributed by atoms with Crippen molar-refractivity contribution >= 4 is 5.97 Å². The Morgan fingerprint density at radius 2 is 1.86 bits per heavy atom. The molecule has 0 spiro atoms. The number of fused-ring (bicyclic) bond motifs is 1. The number of benzene rings is 1. The number of rotatable bonds is 5. The lowest BCUT2D eigenvalue weighted by atomic mass is 9.76. The summed E-state index contributed by atoms with van der Waals surface area (Å²) in [5, 5.41) is 10.3. The molecule has 4 rings (SSSR count). The van der Waals surface area contributed by atoms with E-state index in [1.165, 1.54) is 12.8 Å². The molecule has 1 N–H and O–H groups in total. The summed E-state index contributed by atoms with van der Waals surface area (Å²) >= 11 is 0. The number of nitrogens with zero attached hydrogens (tertiary/aromatic N) is 1. The Morgan fingerprint density at radius 1 is 1.17 bits per heavy atom. The van der Waals surface area contributed by atoms with Gasteiger partial charge < -0.3 is 9.84 Å². The number of phenolic OH excluding ortho intramolecular Hbond substituents is 1. The van der Waals surface area contributed by atoms with Crippen LogP contribution in [-0.4, -0.2) is 42.2 Å². The molecule has 4 heteroatoms. The second-order valence-electron chi connectivity index (χ2n) is 9.84. The molecule has 0 aromatic heterocycles. The second-order valence-corrected chi connectivity index (χ2v) is 9.84. The Bertz CT molecular complexity index is 803. The molecule has 1 aliphatic heterocycles. The van der Waals surface area contributed by atoms with Gasteiger partial charge in [-0.3, -0.25) is 9.69 Å². The monoisotopic (exact) mass is 395 g/mol. The molecule has 4 nitrogen and oxygen atoms in total. The highest BCUT2D eigenvalue weighted by molar-refractivity contribution is 5.79. The fourth-order valence-electron chi connectivity index (χ4n) is 5.67. The van der Waals surface area contributed by atoms with Crippen molar-refractivity contribution in [2.24, 2.45) is 16.7 Å². The minimum atomic E-state index is -0.399. The molecular formula is C25H33NO3. The molecule has 0 amide bonds. The minimum absolute atomic E-state index is 0.123. The van der Waals surface area contributed by atoms with Crippen molar-refractivity contribution in [2.45, 2.75) is 58.3 Å². The van der Waals surface area contributed by atoms with Gasteiger partial charge in [-0.15, -0.1) is 0 Å². The molecule has 0 radical (unpaired) electrons. The molecule has 1 aromatic rings. The number of para-hydroxylation sites is 1. The molecule has 2 aliphatic carbocycles. The van der Waals surface area contributed by atoms with Gasteiger partial charge in [0.25, 0.3) is 0 Å². The summed E-state index contributed by atoms with van der Waals surface area (Å²) in [5.41, 5.74) is 1.65. The van der Waals surface area contributed by atoms with Crippen LogP contribution in [0.2, 0.25) is 0 Å². The van der Waals surface area contributed by atoms with Crippen LogP contribution in [0.3, 0.4) is 0 Å². The normalized spacial score (nSPS) is 30.1. The van der Waals surface area contributed by atoms with Crippen molar-refractivity contribution in [2.75, 3.05) is 26.2 Å². The number of hydrogen-bond donors (Lipinski definition) is 1. The maximum absolute atomic E-state index is 12.9. The Kier molecular flexibility index (Phi) is 5.62. The Labute approximate surface area is 174 Å². The lowest BCUT2D eigenvalue weighted by Crippen LogP contribution is -2.26. The zero-order valence-corrected chi connectivity index (χ0v) is 17.7. The van der Waals surface area contributed by atoms with Crippen LogP contribution in [0.1, 0.15) is 63.9 Å². The molecule has 3 aliphatic rings. The highest BCUT2D eigenvalue weighted by Crippen LogP contribution is 2.67. The quantitative estimate of drug-likeness (QED) is 0.595. The number of esters is 1. The van der Waals surface area contributed by atoms with E-state index in [0.717, 1.165) is 45.3 Å². The fourth-order valence-corrected chi connectivity index (χ4v) is 5.67. The van der Waals surface area contributed by atoms with Gasteiger partial charge in [-0.05, 0) is 42.1 Å². The zero-order valence-electron chi connectivity index (χ0n) is 17.7. The summed E-state index contributed by atoms with van der Waals surface area (Å²) in [4.78, 5) is 15.3. The molecule has 1 aromatic carbocycles. The van der Waals surface area contributed by atoms with E-state index in [1.807, 2.05) is 12.1 Å². The number of phenols is 1. The number of likely N-dealkylation sites (tertiary alicyclic amines) is 1. The number of carbonyl (C=O) groups excluding carboxylic acids is 1. The minimum Gasteiger partial charge on any atom is -0.508 e. The van der Waals surface area contributed by atoms with Crippen molar-refractivity contribution in [1.82, 2.24) is 4.90 Å². The molecule has 3 atom stereocenters. The predicted octanol–water partition coefficient (Wildman–Crippen LogP) is 4.33. The van der Waals surface area contributed by atoms with Crippen LogP contribution in [-0.2, 0) is 9.53 Å². The topological polar surface area (TPSA) is 49.8 Å². The van der Waals surface area contributed by atoms with Gasteiger partial charge in [-0.25, -0.2) is 0 Å². The molecule has 3 fully saturated rings. The summed E-state index contributed by atoms with van der Waals surface area (Å²) < 4.78 is 5.56. The summed E-state index contributed by atoms with van der Waals surface area (Å²) in [5.74, 6) is 5.96. The number of hydrogen-bond acceptors (Lipinski definition) is 4. The lowest BCUT2D eigenvalue weighted by molar-refractivity contribution is -0.145. The number of piperidine rings is 1. The van der Waals surface area contributed by atoms with Crippen LogP contribution in [0.25, 0.3) is 0 Å². The van der Waals surface area contributed by atoms with E-state index in [0.29, 0.717) is 16.4 Å². The first-order chi connectivity index (χ1) is 13.9. The Hall–Kier alpha value is -1.99. The third kappa shape index (κ3) is 4.16. The highest BCUT2D eigenvalue weighted by Gasteiger charge is 2.65. The van der Waals surface area contributed by atoms with Gasteiger partial charge in [0.15, 0.2) is 6.61 Å². The number of ether oxygens (including phenoxy) is 1. The molecule has 1 heterocycles. The van der Waals surface area contributed by atoms with E-state index in [1.54, 1.807) is 12.1 Å². The summed E-state index contributed by atoms with van der Waals surface area (Å²) in [6.45, 7) is 7.84. The average Bonchev–Trinajstić information content (AvgIpc) is 3.12. The van der Waals surface area contributed by atoms with Crippen molar-refractivity contribution in [3.05, 3.63) is 29.8 Å².